The molecule has 0 amide bonds. The Morgan fingerprint density at radius 3 is 2.49 bits per heavy atom. The zero-order valence-electron chi connectivity index (χ0n) is 20.5. The van der Waals surface area contributed by atoms with Crippen LogP contribution in [0.5, 0.6) is 17.2 Å². The lowest BCUT2D eigenvalue weighted by atomic mass is 9.70. The van der Waals surface area contributed by atoms with Crippen LogP contribution in [0.15, 0.2) is 65.3 Å². The zero-order valence-corrected chi connectivity index (χ0v) is 20.5. The van der Waals surface area contributed by atoms with Crippen LogP contribution < -0.4 is 19.9 Å². The summed E-state index contributed by atoms with van der Waals surface area (Å²) in [6.45, 7) is 6.72. The molecule has 7 nitrogen and oxygen atoms in total. The molecule has 0 bridgehead atoms. The first-order valence-corrected chi connectivity index (χ1v) is 11.6. The highest BCUT2D eigenvalue weighted by Gasteiger charge is 2.43. The minimum Gasteiger partial charge on any atom is -0.493 e. The largest absolute Gasteiger partial charge is 0.493 e. The number of methoxy groups -OCH3 is 1. The van der Waals surface area contributed by atoms with Crippen molar-refractivity contribution in [2.45, 2.75) is 39.5 Å². The van der Waals surface area contributed by atoms with E-state index in [-0.39, 0.29) is 22.7 Å². The van der Waals surface area contributed by atoms with Gasteiger partial charge < -0.3 is 24.7 Å². The van der Waals surface area contributed by atoms with E-state index in [1.807, 2.05) is 51.1 Å². The Morgan fingerprint density at radius 1 is 1.09 bits per heavy atom. The molecule has 1 heterocycles. The fourth-order valence-corrected chi connectivity index (χ4v) is 4.62. The van der Waals surface area contributed by atoms with E-state index in [4.69, 9.17) is 24.7 Å². The lowest BCUT2D eigenvalue weighted by Gasteiger charge is -2.37. The number of carbonyl (C=O) groups is 1. The fourth-order valence-electron chi connectivity index (χ4n) is 4.62. The molecule has 0 fully saturated rings. The molecule has 2 aliphatic rings. The Hall–Kier alpha value is -3.92. The average molecular weight is 475 g/mol. The number of nitriles is 1. The molecule has 0 radical (unpaired) electrons. The standard InChI is InChI=1S/C28H30N2O5/c1-17-7-5-6-8-21(17)33-11-12-34-22-10-9-18(13-23(22)32-4)25-19(16-29)27(30)35-24-15-28(2,3)14-20(31)26(24)25/h5-10,13,25H,11-12,14-15,30H2,1-4H3. The van der Waals surface area contributed by atoms with E-state index in [1.165, 1.54) is 0 Å². The highest BCUT2D eigenvalue weighted by molar-refractivity contribution is 6.00. The summed E-state index contributed by atoms with van der Waals surface area (Å²) in [5, 5.41) is 9.84. The van der Waals surface area contributed by atoms with Gasteiger partial charge >= 0.3 is 0 Å². The molecule has 1 unspecified atom stereocenters. The van der Waals surface area contributed by atoms with Crippen molar-refractivity contribution in [2.75, 3.05) is 20.3 Å². The number of carbonyl (C=O) groups excluding carboxylic acids is 1. The normalized spacial score (nSPS) is 18.9. The van der Waals surface area contributed by atoms with Crippen LogP contribution in [0.2, 0.25) is 0 Å². The first kappa shape index (κ1) is 24.2. The molecule has 0 saturated heterocycles. The highest BCUT2D eigenvalue weighted by atomic mass is 16.5. The summed E-state index contributed by atoms with van der Waals surface area (Å²) in [4.78, 5) is 13.2. The van der Waals surface area contributed by atoms with Crippen LogP contribution in [0.4, 0.5) is 0 Å². The highest BCUT2D eigenvalue weighted by Crippen LogP contribution is 2.48. The summed E-state index contributed by atoms with van der Waals surface area (Å²) >= 11 is 0. The summed E-state index contributed by atoms with van der Waals surface area (Å²) in [6.07, 6.45) is 0.951. The molecule has 1 aliphatic carbocycles. The molecule has 35 heavy (non-hydrogen) atoms. The summed E-state index contributed by atoms with van der Waals surface area (Å²) < 4.78 is 23.0. The molecule has 2 aromatic rings. The number of nitrogens with two attached hydrogens (primary N) is 1. The van der Waals surface area contributed by atoms with E-state index in [9.17, 15) is 10.1 Å². The molecule has 0 spiro atoms. The van der Waals surface area contributed by atoms with E-state index in [2.05, 4.69) is 6.07 Å². The molecule has 1 atom stereocenters. The first-order chi connectivity index (χ1) is 16.7. The van der Waals surface area contributed by atoms with Gasteiger partial charge in [0.15, 0.2) is 17.3 Å². The molecule has 0 aromatic heterocycles. The Balaban J connectivity index is 1.57. The smallest absolute Gasteiger partial charge is 0.205 e. The molecule has 4 rings (SSSR count). The molecule has 0 saturated carbocycles. The second-order valence-electron chi connectivity index (χ2n) is 9.58. The maximum Gasteiger partial charge on any atom is 0.205 e. The van der Waals surface area contributed by atoms with Crippen molar-refractivity contribution < 1.29 is 23.7 Å². The van der Waals surface area contributed by atoms with Crippen LogP contribution in [0.3, 0.4) is 0 Å². The second-order valence-corrected chi connectivity index (χ2v) is 9.58. The van der Waals surface area contributed by atoms with Gasteiger partial charge in [-0.2, -0.15) is 5.26 Å². The number of para-hydroxylation sites is 1. The van der Waals surface area contributed by atoms with Crippen molar-refractivity contribution in [3.8, 4) is 23.3 Å². The van der Waals surface area contributed by atoms with E-state index < -0.39 is 5.92 Å². The third-order valence-corrected chi connectivity index (χ3v) is 6.29. The van der Waals surface area contributed by atoms with Gasteiger partial charge in [-0.25, -0.2) is 0 Å². The van der Waals surface area contributed by atoms with Crippen molar-refractivity contribution in [1.82, 2.24) is 0 Å². The molecular weight excluding hydrogens is 444 g/mol. The Bertz CT molecular complexity index is 1250. The second kappa shape index (κ2) is 9.75. The quantitative estimate of drug-likeness (QED) is 0.569. The number of Topliss-reactive ketones (excluding diaryl/α,β-unsaturated/α-hetero) is 1. The van der Waals surface area contributed by atoms with E-state index in [0.717, 1.165) is 11.3 Å². The number of benzene rings is 2. The minimum absolute atomic E-state index is 0.0332. The predicted octanol–water partition coefficient (Wildman–Crippen LogP) is 4.91. The number of rotatable bonds is 7. The average Bonchev–Trinajstić information content (AvgIpc) is 2.81. The van der Waals surface area contributed by atoms with Crippen LogP contribution in [0.1, 0.15) is 43.7 Å². The van der Waals surface area contributed by atoms with Crippen molar-refractivity contribution >= 4 is 5.78 Å². The third kappa shape index (κ3) is 4.97. The van der Waals surface area contributed by atoms with Gasteiger partial charge in [-0.3, -0.25) is 4.79 Å². The van der Waals surface area contributed by atoms with Crippen molar-refractivity contribution in [1.29, 1.82) is 5.26 Å². The lowest BCUT2D eigenvalue weighted by molar-refractivity contribution is -0.119. The first-order valence-electron chi connectivity index (χ1n) is 11.6. The summed E-state index contributed by atoms with van der Waals surface area (Å²) in [6, 6.07) is 15.3. The molecule has 7 heteroatoms. The number of aryl methyl sites for hydroxylation is 1. The van der Waals surface area contributed by atoms with Crippen LogP contribution in [-0.2, 0) is 9.53 Å². The van der Waals surface area contributed by atoms with Crippen LogP contribution in [0, 0.1) is 23.7 Å². The van der Waals surface area contributed by atoms with Gasteiger partial charge in [0.05, 0.1) is 13.0 Å². The van der Waals surface area contributed by atoms with Gasteiger partial charge in [0.25, 0.3) is 0 Å². The van der Waals surface area contributed by atoms with Gasteiger partial charge in [0.2, 0.25) is 5.88 Å². The summed E-state index contributed by atoms with van der Waals surface area (Å²) in [5.74, 6) is 1.78. The van der Waals surface area contributed by atoms with Gasteiger partial charge in [0.1, 0.15) is 36.4 Å². The van der Waals surface area contributed by atoms with Crippen molar-refractivity contribution in [3.63, 3.8) is 0 Å². The lowest BCUT2D eigenvalue weighted by Crippen LogP contribution is -2.33. The van der Waals surface area contributed by atoms with E-state index in [1.54, 1.807) is 19.2 Å². The van der Waals surface area contributed by atoms with Gasteiger partial charge in [0, 0.05) is 18.4 Å². The topological polar surface area (TPSA) is 104 Å². The molecule has 2 aromatic carbocycles. The molecular formula is C28H30N2O5. The van der Waals surface area contributed by atoms with Gasteiger partial charge in [-0.15, -0.1) is 0 Å². The number of ether oxygens (including phenoxy) is 4. The van der Waals surface area contributed by atoms with Crippen LogP contribution >= 0.6 is 0 Å². The fraction of sp³-hybridized carbons (Fsp3) is 0.357. The van der Waals surface area contributed by atoms with Gasteiger partial charge in [-0.05, 0) is 41.7 Å². The summed E-state index contributed by atoms with van der Waals surface area (Å²) in [5.41, 5.74) is 8.37. The van der Waals surface area contributed by atoms with Crippen molar-refractivity contribution in [3.05, 3.63) is 76.4 Å². The maximum absolute atomic E-state index is 13.2. The van der Waals surface area contributed by atoms with Gasteiger partial charge in [-0.1, -0.05) is 38.1 Å². The third-order valence-electron chi connectivity index (χ3n) is 6.29. The molecule has 182 valence electrons. The van der Waals surface area contributed by atoms with Crippen LogP contribution in [-0.4, -0.2) is 26.1 Å². The number of ketones is 1. The van der Waals surface area contributed by atoms with Crippen LogP contribution in [0.25, 0.3) is 0 Å². The Morgan fingerprint density at radius 2 is 1.80 bits per heavy atom. The minimum atomic E-state index is -0.611. The van der Waals surface area contributed by atoms with E-state index >= 15 is 0 Å². The number of nitrogens with zero attached hydrogens (tertiary/aromatic N) is 1. The number of allylic oxidation sites excluding steroid dienone is 3. The predicted molar refractivity (Wildman–Crippen MR) is 131 cm³/mol. The molecule has 2 N–H and O–H groups in total. The summed E-state index contributed by atoms with van der Waals surface area (Å²) in [7, 11) is 1.55. The Kier molecular flexibility index (Phi) is 6.74. The van der Waals surface area contributed by atoms with Crippen molar-refractivity contribution in [2.24, 2.45) is 11.1 Å². The maximum atomic E-state index is 13.2. The molecule has 1 aliphatic heterocycles. The van der Waals surface area contributed by atoms with E-state index in [0.29, 0.717) is 54.5 Å². The zero-order chi connectivity index (χ0) is 25.2. The number of hydrogen-bond donors (Lipinski definition) is 1. The number of hydrogen-bond acceptors (Lipinski definition) is 7. The SMILES string of the molecule is COc1cc(C2C(C#N)=C(N)OC3=C2C(=O)CC(C)(C)C3)ccc1OCCOc1ccccc1C. The monoisotopic (exact) mass is 474 g/mol. The Labute approximate surface area is 205 Å².